The van der Waals surface area contributed by atoms with Crippen molar-refractivity contribution >= 4 is 74.8 Å². The molecule has 1 aromatic carbocycles. The molecule has 6 nitrogen and oxygen atoms in total. The fourth-order valence-electron chi connectivity index (χ4n) is 3.95. The van der Waals surface area contributed by atoms with E-state index in [2.05, 4.69) is 68.0 Å². The quantitative estimate of drug-likeness (QED) is 0.0645. The number of halogens is 2. The molecule has 3 atom stereocenters. The first-order valence-corrected chi connectivity index (χ1v) is 19.1. The summed E-state index contributed by atoms with van der Waals surface area (Å²) >= 11 is 4.04. The third-order valence-corrected chi connectivity index (χ3v) is 9.79. The molecule has 4 rings (SSSR count). The molecule has 0 bridgehead atoms. The zero-order valence-electron chi connectivity index (χ0n) is 24.8. The van der Waals surface area contributed by atoms with Crippen molar-refractivity contribution in [3.63, 3.8) is 0 Å². The second kappa shape index (κ2) is 16.7. The highest BCUT2D eigenvalue weighted by Crippen LogP contribution is 2.38. The van der Waals surface area contributed by atoms with E-state index in [-0.39, 0.29) is 5.92 Å². The molecule has 1 fully saturated rings. The van der Waals surface area contributed by atoms with E-state index in [1.54, 1.807) is 18.7 Å². The number of thioether (sulfide) groups is 1. The van der Waals surface area contributed by atoms with Crippen LogP contribution < -0.4 is 10.6 Å². The van der Waals surface area contributed by atoms with E-state index in [9.17, 15) is 9.18 Å². The van der Waals surface area contributed by atoms with Crippen molar-refractivity contribution in [2.45, 2.75) is 83.2 Å². The smallest absolute Gasteiger partial charge is 0.168 e. The molecule has 3 aromatic rings. The van der Waals surface area contributed by atoms with Gasteiger partial charge in [-0.15, -0.1) is 18.3 Å². The molecular weight excluding hydrogens is 655 g/mol. The standard InChI is InChI=1S/C24H32FIN5PS.C4H6O.C2H6/c1-7-16(11-12-24(4,25)8-2)17-9-10-18(20(13-17)33-6)29-19-14-21(27-5)30-23-22(19)28-15(3)31(23)32-26;5-3-4-1-2-4;1-2/h7,9-10,13-14,16,32H,1,8,11-12H2,2-6H3,(H2,27,29,30);3-4H,1-2H2;1-2H3. The summed E-state index contributed by atoms with van der Waals surface area (Å²) < 4.78 is 16.6. The van der Waals surface area contributed by atoms with E-state index in [0.29, 0.717) is 25.1 Å². The highest BCUT2D eigenvalue weighted by Gasteiger charge is 2.23. The molecule has 0 amide bonds. The minimum atomic E-state index is -1.14. The number of alkyl halides is 1. The highest BCUT2D eigenvalue weighted by atomic mass is 127. The van der Waals surface area contributed by atoms with Crippen molar-refractivity contribution in [2.75, 3.05) is 23.9 Å². The first-order chi connectivity index (χ1) is 19.2. The van der Waals surface area contributed by atoms with Crippen LogP contribution in [0.25, 0.3) is 11.2 Å². The number of allylic oxidation sites excluding steroid dienone is 1. The molecule has 0 spiro atoms. The SMILES string of the molecule is C=CC(CCC(C)(F)CC)c1ccc(Nc2cc(NC)nc3c2nc(C)n3PI)c(SC)c1.CC.O=CC1CC1. The van der Waals surface area contributed by atoms with Crippen LogP contribution in [0.4, 0.5) is 21.6 Å². The van der Waals surface area contributed by atoms with Gasteiger partial charge in [-0.1, -0.05) is 32.9 Å². The van der Waals surface area contributed by atoms with E-state index in [4.69, 9.17) is 9.97 Å². The number of aldehydes is 1. The summed E-state index contributed by atoms with van der Waals surface area (Å²) in [6.07, 6.45) is 9.63. The number of imidazole rings is 1. The number of carbonyl (C=O) groups excluding carboxylic acids is 1. The zero-order chi connectivity index (χ0) is 29.9. The van der Waals surface area contributed by atoms with Crippen LogP contribution in [0.2, 0.25) is 0 Å². The molecule has 40 heavy (non-hydrogen) atoms. The molecule has 2 heterocycles. The normalized spacial score (nSPS) is 14.9. The summed E-state index contributed by atoms with van der Waals surface area (Å²) in [4.78, 5) is 20.2. The van der Waals surface area contributed by atoms with Crippen LogP contribution >= 0.6 is 40.2 Å². The molecule has 1 aliphatic carbocycles. The largest absolute Gasteiger partial charge is 0.373 e. The van der Waals surface area contributed by atoms with E-state index >= 15 is 0 Å². The van der Waals surface area contributed by atoms with Gasteiger partial charge >= 0.3 is 0 Å². The predicted molar refractivity (Wildman–Crippen MR) is 183 cm³/mol. The number of aryl methyl sites for hydroxylation is 1. The third-order valence-electron chi connectivity index (χ3n) is 6.86. The van der Waals surface area contributed by atoms with Gasteiger partial charge in [0.2, 0.25) is 0 Å². The Kier molecular flexibility index (Phi) is 14.4. The van der Waals surface area contributed by atoms with Crippen LogP contribution in [0.5, 0.6) is 0 Å². The molecule has 1 saturated carbocycles. The molecule has 0 radical (unpaired) electrons. The molecule has 220 valence electrons. The number of hydrogen-bond donors (Lipinski definition) is 2. The van der Waals surface area contributed by atoms with Crippen LogP contribution in [0.3, 0.4) is 0 Å². The number of pyridine rings is 1. The van der Waals surface area contributed by atoms with E-state index in [0.717, 1.165) is 70.2 Å². The lowest BCUT2D eigenvalue weighted by Gasteiger charge is -2.22. The Morgan fingerprint density at radius 2 is 2.00 bits per heavy atom. The topological polar surface area (TPSA) is 71.8 Å². The maximum Gasteiger partial charge on any atom is 0.168 e. The maximum absolute atomic E-state index is 14.5. The Hall–Kier alpha value is -1.71. The van der Waals surface area contributed by atoms with Crippen LogP contribution in [0.1, 0.15) is 77.1 Å². The number of fused-ring (bicyclic) bond motifs is 1. The van der Waals surface area contributed by atoms with Gasteiger partial charge in [0.15, 0.2) is 5.65 Å². The van der Waals surface area contributed by atoms with Gasteiger partial charge in [-0.25, -0.2) is 14.4 Å². The average Bonchev–Trinajstić information content (AvgIpc) is 3.76. The van der Waals surface area contributed by atoms with Gasteiger partial charge in [-0.2, -0.15) is 0 Å². The number of nitrogens with one attached hydrogen (secondary N) is 2. The first-order valence-electron chi connectivity index (χ1n) is 13.9. The Morgan fingerprint density at radius 1 is 1.30 bits per heavy atom. The Bertz CT molecular complexity index is 1260. The molecule has 2 aromatic heterocycles. The average molecular weight is 700 g/mol. The lowest BCUT2D eigenvalue weighted by Crippen LogP contribution is -2.17. The number of nitrogens with zero attached hydrogens (tertiary/aromatic N) is 3. The number of hydrogen-bond acceptors (Lipinski definition) is 6. The van der Waals surface area contributed by atoms with Gasteiger partial charge < -0.3 is 15.4 Å². The summed E-state index contributed by atoms with van der Waals surface area (Å²) in [6, 6.07) is 8.39. The second-order valence-corrected chi connectivity index (χ2v) is 12.7. The number of aromatic nitrogens is 3. The van der Waals surface area contributed by atoms with Gasteiger partial charge in [-0.3, -0.25) is 4.34 Å². The van der Waals surface area contributed by atoms with Crippen molar-refractivity contribution in [2.24, 2.45) is 5.92 Å². The van der Waals surface area contributed by atoms with Gasteiger partial charge in [0, 0.05) is 29.8 Å². The molecule has 3 unspecified atom stereocenters. The van der Waals surface area contributed by atoms with E-state index in [1.807, 2.05) is 46.9 Å². The molecule has 0 aliphatic heterocycles. The number of anilines is 3. The minimum absolute atomic E-state index is 0.123. The Labute approximate surface area is 258 Å². The number of rotatable bonds is 12. The summed E-state index contributed by atoms with van der Waals surface area (Å²) in [7, 11) is 1.87. The Morgan fingerprint density at radius 3 is 2.50 bits per heavy atom. The molecular formula is C30H44FIN5OPS. The van der Waals surface area contributed by atoms with E-state index < -0.39 is 5.67 Å². The molecule has 1 aliphatic rings. The van der Waals surface area contributed by atoms with Crippen LogP contribution in [0, 0.1) is 12.8 Å². The lowest BCUT2D eigenvalue weighted by atomic mass is 9.88. The number of carbonyl (C=O) groups is 1. The second-order valence-electron chi connectivity index (χ2n) is 9.76. The van der Waals surface area contributed by atoms with Crippen LogP contribution in [0.15, 0.2) is 41.8 Å². The van der Waals surface area contributed by atoms with Crippen molar-refractivity contribution < 1.29 is 9.18 Å². The van der Waals surface area contributed by atoms with Crippen LogP contribution in [-0.2, 0) is 4.79 Å². The summed E-state index contributed by atoms with van der Waals surface area (Å²) in [5.74, 6) is 2.32. The zero-order valence-corrected chi connectivity index (χ0v) is 28.7. The van der Waals surface area contributed by atoms with Crippen molar-refractivity contribution in [1.82, 2.24) is 14.3 Å². The lowest BCUT2D eigenvalue weighted by molar-refractivity contribution is -0.108. The minimum Gasteiger partial charge on any atom is -0.373 e. The highest BCUT2D eigenvalue weighted by molar-refractivity contribution is 14.2. The van der Waals surface area contributed by atoms with Gasteiger partial charge in [0.05, 0.1) is 17.7 Å². The third kappa shape index (κ3) is 9.41. The van der Waals surface area contributed by atoms with E-state index in [1.165, 1.54) is 0 Å². The number of benzene rings is 1. The van der Waals surface area contributed by atoms with Crippen molar-refractivity contribution in [1.29, 1.82) is 0 Å². The summed E-state index contributed by atoms with van der Waals surface area (Å²) in [5, 5.41) is 6.75. The molecule has 10 heteroatoms. The fourth-order valence-corrected chi connectivity index (χ4v) is 6.69. The van der Waals surface area contributed by atoms with Crippen LogP contribution in [-0.4, -0.2) is 39.6 Å². The molecule has 0 saturated heterocycles. The van der Waals surface area contributed by atoms with Crippen molar-refractivity contribution in [3.05, 3.63) is 48.3 Å². The molecule has 2 N–H and O–H groups in total. The monoisotopic (exact) mass is 699 g/mol. The van der Waals surface area contributed by atoms with Crippen molar-refractivity contribution in [3.8, 4) is 0 Å². The predicted octanol–water partition coefficient (Wildman–Crippen LogP) is 9.85. The first kappa shape index (κ1) is 34.5. The van der Waals surface area contributed by atoms with Gasteiger partial charge in [0.1, 0.15) is 29.1 Å². The van der Waals surface area contributed by atoms with Gasteiger partial charge in [0.25, 0.3) is 0 Å². The summed E-state index contributed by atoms with van der Waals surface area (Å²) in [6.45, 7) is 13.6. The Balaban J connectivity index is 0.000000706. The van der Waals surface area contributed by atoms with Gasteiger partial charge in [-0.05, 0) is 91.9 Å². The summed E-state index contributed by atoms with van der Waals surface area (Å²) in [5.41, 5.74) is 3.68. The maximum atomic E-state index is 14.5. The fraction of sp³-hybridized carbons (Fsp3) is 0.500.